The van der Waals surface area contributed by atoms with E-state index in [2.05, 4.69) is 0 Å². The molecule has 0 saturated carbocycles. The van der Waals surface area contributed by atoms with Crippen LogP contribution < -0.4 is 4.74 Å². The second-order valence-electron chi connectivity index (χ2n) is 6.87. The number of benzene rings is 2. The molecule has 2 aromatic rings. The van der Waals surface area contributed by atoms with Crippen LogP contribution in [0.3, 0.4) is 0 Å². The van der Waals surface area contributed by atoms with Crippen molar-refractivity contribution in [2.24, 2.45) is 0 Å². The minimum atomic E-state index is -0.0723. The number of halogens is 1. The van der Waals surface area contributed by atoms with E-state index in [4.69, 9.17) is 21.1 Å². The first-order valence-electron chi connectivity index (χ1n) is 9.56. The molecule has 2 aromatic carbocycles. The van der Waals surface area contributed by atoms with Crippen LogP contribution in [0.15, 0.2) is 48.5 Å². The van der Waals surface area contributed by atoms with Gasteiger partial charge < -0.3 is 19.3 Å². The predicted octanol–water partition coefficient (Wildman–Crippen LogP) is 2.78. The van der Waals surface area contributed by atoms with Gasteiger partial charge in [-0.25, -0.2) is 0 Å². The third kappa shape index (κ3) is 5.95. The van der Waals surface area contributed by atoms with Gasteiger partial charge in [0.2, 0.25) is 11.8 Å². The number of methoxy groups -OCH3 is 1. The zero-order valence-electron chi connectivity index (χ0n) is 16.5. The molecule has 0 radical (unpaired) electrons. The minimum absolute atomic E-state index is 0.00296. The fourth-order valence-electron chi connectivity index (χ4n) is 3.23. The number of amides is 2. The summed E-state index contributed by atoms with van der Waals surface area (Å²) in [6, 6.07) is 14.9. The van der Waals surface area contributed by atoms with Gasteiger partial charge in [0.1, 0.15) is 12.4 Å². The van der Waals surface area contributed by atoms with Gasteiger partial charge in [-0.3, -0.25) is 9.59 Å². The third-order valence-corrected chi connectivity index (χ3v) is 5.28. The zero-order valence-corrected chi connectivity index (χ0v) is 17.2. The highest BCUT2D eigenvalue weighted by molar-refractivity contribution is 6.31. The lowest BCUT2D eigenvalue weighted by molar-refractivity contribution is -0.142. The number of hydrogen-bond acceptors (Lipinski definition) is 4. The van der Waals surface area contributed by atoms with Crippen LogP contribution in [0.4, 0.5) is 0 Å². The summed E-state index contributed by atoms with van der Waals surface area (Å²) in [6.45, 7) is 2.38. The maximum atomic E-state index is 12.5. The molecule has 0 spiro atoms. The molecule has 1 aliphatic rings. The molecular formula is C22H25ClN2O4. The molecular weight excluding hydrogens is 392 g/mol. The van der Waals surface area contributed by atoms with Gasteiger partial charge in [-0.15, -0.1) is 0 Å². The molecule has 2 amide bonds. The van der Waals surface area contributed by atoms with E-state index in [1.54, 1.807) is 23.0 Å². The summed E-state index contributed by atoms with van der Waals surface area (Å²) in [7, 11) is 1.61. The quantitative estimate of drug-likeness (QED) is 0.696. The van der Waals surface area contributed by atoms with E-state index >= 15 is 0 Å². The summed E-state index contributed by atoms with van der Waals surface area (Å²) in [5.41, 5.74) is 1.77. The van der Waals surface area contributed by atoms with Crippen LogP contribution in [0.2, 0.25) is 5.02 Å². The van der Waals surface area contributed by atoms with Crippen LogP contribution in [0.25, 0.3) is 0 Å². The van der Waals surface area contributed by atoms with Crippen LogP contribution in [-0.4, -0.2) is 61.5 Å². The van der Waals surface area contributed by atoms with Gasteiger partial charge in [-0.1, -0.05) is 41.9 Å². The zero-order chi connectivity index (χ0) is 20.6. The topological polar surface area (TPSA) is 59.1 Å². The fraction of sp³-hybridized carbons (Fsp3) is 0.364. The van der Waals surface area contributed by atoms with E-state index in [1.807, 2.05) is 42.5 Å². The van der Waals surface area contributed by atoms with Gasteiger partial charge in [0, 0.05) is 31.2 Å². The van der Waals surface area contributed by atoms with E-state index in [0.29, 0.717) is 44.2 Å². The molecule has 0 unspecified atom stereocenters. The minimum Gasteiger partial charge on any atom is -0.497 e. The Hall–Kier alpha value is -2.57. The number of carbonyl (C=O) groups is 2. The number of carbonyl (C=O) groups excluding carboxylic acids is 2. The molecule has 1 saturated heterocycles. The molecule has 7 heteroatoms. The van der Waals surface area contributed by atoms with Crippen LogP contribution in [0.5, 0.6) is 5.75 Å². The van der Waals surface area contributed by atoms with Crippen molar-refractivity contribution < 1.29 is 19.1 Å². The summed E-state index contributed by atoms with van der Waals surface area (Å²) < 4.78 is 10.7. The molecule has 1 aliphatic heterocycles. The van der Waals surface area contributed by atoms with Crippen molar-refractivity contribution in [1.29, 1.82) is 0 Å². The lowest BCUT2D eigenvalue weighted by Gasteiger charge is -2.34. The summed E-state index contributed by atoms with van der Waals surface area (Å²) in [5, 5.41) is 0.628. The van der Waals surface area contributed by atoms with Gasteiger partial charge >= 0.3 is 0 Å². The Labute approximate surface area is 176 Å². The fourth-order valence-corrected chi connectivity index (χ4v) is 3.42. The molecule has 6 nitrogen and oxygen atoms in total. The van der Waals surface area contributed by atoms with Crippen molar-refractivity contribution in [2.45, 2.75) is 13.0 Å². The van der Waals surface area contributed by atoms with Gasteiger partial charge in [0.05, 0.1) is 20.1 Å². The second-order valence-corrected chi connectivity index (χ2v) is 7.28. The number of ether oxygens (including phenoxy) is 2. The first kappa shape index (κ1) is 21.1. The lowest BCUT2D eigenvalue weighted by Crippen LogP contribution is -2.51. The lowest BCUT2D eigenvalue weighted by atomic mass is 10.1. The molecule has 0 bridgehead atoms. The van der Waals surface area contributed by atoms with Crippen molar-refractivity contribution in [3.05, 3.63) is 64.7 Å². The second kappa shape index (κ2) is 10.3. The highest BCUT2D eigenvalue weighted by atomic mass is 35.5. The highest BCUT2D eigenvalue weighted by Gasteiger charge is 2.24. The maximum Gasteiger partial charge on any atom is 0.248 e. The van der Waals surface area contributed by atoms with E-state index in [-0.39, 0.29) is 18.4 Å². The number of hydrogen-bond donors (Lipinski definition) is 0. The van der Waals surface area contributed by atoms with Crippen LogP contribution >= 0.6 is 11.6 Å². The SMILES string of the molecule is COc1cccc(CC(=O)N2CCN(C(=O)COCc3ccccc3Cl)CC2)c1. The summed E-state index contributed by atoms with van der Waals surface area (Å²) >= 11 is 6.09. The van der Waals surface area contributed by atoms with Crippen molar-refractivity contribution in [1.82, 2.24) is 9.80 Å². The van der Waals surface area contributed by atoms with Crippen molar-refractivity contribution in [3.8, 4) is 5.75 Å². The molecule has 0 aliphatic carbocycles. The summed E-state index contributed by atoms with van der Waals surface area (Å²) in [5.74, 6) is 0.722. The molecule has 0 atom stereocenters. The van der Waals surface area contributed by atoms with Gasteiger partial charge in [-0.05, 0) is 29.3 Å². The van der Waals surface area contributed by atoms with E-state index < -0.39 is 0 Å². The van der Waals surface area contributed by atoms with Crippen molar-refractivity contribution >= 4 is 23.4 Å². The maximum absolute atomic E-state index is 12.5. The standard InChI is InChI=1S/C22H25ClN2O4/c1-28-19-7-4-5-17(13-19)14-21(26)24-9-11-25(12-10-24)22(27)16-29-15-18-6-2-3-8-20(18)23/h2-8,13H,9-12,14-16H2,1H3. The Morgan fingerprint density at radius 3 is 2.34 bits per heavy atom. The number of nitrogens with zero attached hydrogens (tertiary/aromatic N) is 2. The Balaban J connectivity index is 1.41. The summed E-state index contributed by atoms with van der Waals surface area (Å²) in [6.07, 6.45) is 0.325. The Morgan fingerprint density at radius 2 is 1.66 bits per heavy atom. The first-order chi connectivity index (χ1) is 14.1. The smallest absolute Gasteiger partial charge is 0.248 e. The van der Waals surface area contributed by atoms with E-state index in [0.717, 1.165) is 16.9 Å². The van der Waals surface area contributed by atoms with Crippen molar-refractivity contribution in [3.63, 3.8) is 0 Å². The third-order valence-electron chi connectivity index (χ3n) is 4.92. The predicted molar refractivity (Wildman–Crippen MR) is 111 cm³/mol. The molecule has 0 aromatic heterocycles. The van der Waals surface area contributed by atoms with Gasteiger partial charge in [0.15, 0.2) is 0 Å². The van der Waals surface area contributed by atoms with Gasteiger partial charge in [-0.2, -0.15) is 0 Å². The van der Waals surface area contributed by atoms with E-state index in [1.165, 1.54) is 0 Å². The number of piperazine rings is 1. The highest BCUT2D eigenvalue weighted by Crippen LogP contribution is 2.16. The molecule has 3 rings (SSSR count). The van der Waals surface area contributed by atoms with E-state index in [9.17, 15) is 9.59 Å². The molecule has 29 heavy (non-hydrogen) atoms. The average Bonchev–Trinajstić information content (AvgIpc) is 2.75. The summed E-state index contributed by atoms with van der Waals surface area (Å²) in [4.78, 5) is 28.4. The monoisotopic (exact) mass is 416 g/mol. The Bertz CT molecular complexity index is 850. The first-order valence-corrected chi connectivity index (χ1v) is 9.94. The normalized spacial score (nSPS) is 14.0. The molecule has 0 N–H and O–H groups in total. The van der Waals surface area contributed by atoms with Crippen LogP contribution in [0.1, 0.15) is 11.1 Å². The van der Waals surface area contributed by atoms with Crippen molar-refractivity contribution in [2.75, 3.05) is 39.9 Å². The molecule has 154 valence electrons. The number of rotatable bonds is 7. The molecule has 1 fully saturated rings. The Kier molecular flexibility index (Phi) is 7.49. The van der Waals surface area contributed by atoms with Crippen LogP contribution in [0, 0.1) is 0 Å². The average molecular weight is 417 g/mol. The van der Waals surface area contributed by atoms with Crippen LogP contribution in [-0.2, 0) is 27.4 Å². The molecule has 1 heterocycles. The largest absolute Gasteiger partial charge is 0.497 e. The Morgan fingerprint density at radius 1 is 0.966 bits per heavy atom. The van der Waals surface area contributed by atoms with Gasteiger partial charge in [0.25, 0.3) is 0 Å².